The Bertz CT molecular complexity index is 194. The van der Waals surface area contributed by atoms with Crippen LogP contribution < -0.4 is 0 Å². The minimum Gasteiger partial charge on any atom is -0.499 e. The highest BCUT2D eigenvalue weighted by Gasteiger charge is 1.94. The minimum absolute atomic E-state index is 0.222. The fourth-order valence-electron chi connectivity index (χ4n) is 0.421. The molecule has 1 aromatic rings. The van der Waals surface area contributed by atoms with Crippen LogP contribution in [0.3, 0.4) is 0 Å². The van der Waals surface area contributed by atoms with E-state index in [1.54, 1.807) is 11.4 Å². The first-order valence-electron chi connectivity index (χ1n) is 2.11. The van der Waals surface area contributed by atoms with Gasteiger partial charge in [-0.05, 0) is 11.4 Å². The van der Waals surface area contributed by atoms with E-state index in [9.17, 15) is 0 Å². The zero-order valence-corrected chi connectivity index (χ0v) is 4.90. The molecule has 0 radical (unpaired) electrons. The van der Waals surface area contributed by atoms with Crippen molar-refractivity contribution in [1.82, 2.24) is 0 Å². The highest BCUT2D eigenvalue weighted by Crippen LogP contribution is 2.21. The first-order chi connectivity index (χ1) is 3.84. The second-order valence-corrected chi connectivity index (χ2v) is 2.22. The fraction of sp³-hybridized carbons (Fsp3) is 0. The van der Waals surface area contributed by atoms with Crippen molar-refractivity contribution >= 4 is 17.6 Å². The van der Waals surface area contributed by atoms with E-state index >= 15 is 0 Å². The topological polar surface area (TPSA) is 44.1 Å². The maximum absolute atomic E-state index is 8.82. The number of thiophene rings is 1. The molecule has 1 rings (SSSR count). The van der Waals surface area contributed by atoms with Gasteiger partial charge in [0.05, 0.1) is 0 Å². The van der Waals surface area contributed by atoms with Crippen molar-refractivity contribution in [2.45, 2.75) is 0 Å². The molecule has 0 amide bonds. The zero-order chi connectivity index (χ0) is 5.98. The summed E-state index contributed by atoms with van der Waals surface area (Å²) in [5, 5.41) is 17.5. The highest BCUT2D eigenvalue weighted by molar-refractivity contribution is 7.12. The van der Waals surface area contributed by atoms with Gasteiger partial charge in [-0.25, -0.2) is 0 Å². The third-order valence-electron chi connectivity index (χ3n) is 0.830. The Labute approximate surface area is 50.9 Å². The lowest BCUT2D eigenvalue weighted by Crippen LogP contribution is -1.68. The van der Waals surface area contributed by atoms with Crippen molar-refractivity contribution in [2.24, 2.45) is 0 Å². The first-order valence-corrected chi connectivity index (χ1v) is 2.99. The first kappa shape index (κ1) is 5.31. The van der Waals surface area contributed by atoms with Gasteiger partial charge < -0.3 is 10.5 Å². The molecule has 0 aliphatic heterocycles. The Kier molecular flexibility index (Phi) is 1.30. The lowest BCUT2D eigenvalue weighted by atomic mass is 10.4. The van der Waals surface area contributed by atoms with Crippen LogP contribution in [-0.4, -0.2) is 11.3 Å². The van der Waals surface area contributed by atoms with Gasteiger partial charge in [0, 0.05) is 11.8 Å². The summed E-state index contributed by atoms with van der Waals surface area (Å²) in [5.74, 6) is 0. The molecule has 0 aromatic carbocycles. The SMILES string of the molecule is N=Cc1ccsc1O. The van der Waals surface area contributed by atoms with Crippen molar-refractivity contribution in [3.63, 3.8) is 0 Å². The monoisotopic (exact) mass is 127 g/mol. The Morgan fingerprint density at radius 3 is 2.75 bits per heavy atom. The largest absolute Gasteiger partial charge is 0.499 e. The number of hydrogen-bond donors (Lipinski definition) is 2. The summed E-state index contributed by atoms with van der Waals surface area (Å²) in [6, 6.07) is 1.70. The number of nitrogens with one attached hydrogen (secondary N) is 1. The van der Waals surface area contributed by atoms with Crippen molar-refractivity contribution in [1.29, 1.82) is 5.41 Å². The Morgan fingerprint density at radius 2 is 2.50 bits per heavy atom. The maximum Gasteiger partial charge on any atom is 0.180 e. The molecule has 0 unspecified atom stereocenters. The van der Waals surface area contributed by atoms with Gasteiger partial charge in [-0.1, -0.05) is 0 Å². The molecule has 1 heterocycles. The van der Waals surface area contributed by atoms with E-state index in [2.05, 4.69) is 0 Å². The molecular formula is C5H5NOS. The lowest BCUT2D eigenvalue weighted by Gasteiger charge is -1.80. The molecular weight excluding hydrogens is 122 g/mol. The standard InChI is InChI=1S/C5H5NOS/c6-3-4-1-2-8-5(4)7/h1-3,6-7H. The van der Waals surface area contributed by atoms with Crippen LogP contribution in [0, 0.1) is 5.41 Å². The number of aromatic hydroxyl groups is 1. The Balaban J connectivity index is 3.09. The van der Waals surface area contributed by atoms with Crippen LogP contribution in [0.5, 0.6) is 5.06 Å². The van der Waals surface area contributed by atoms with Gasteiger partial charge in [-0.2, -0.15) is 0 Å². The lowest BCUT2D eigenvalue weighted by molar-refractivity contribution is 0.490. The van der Waals surface area contributed by atoms with E-state index in [1.165, 1.54) is 11.3 Å². The molecule has 0 fully saturated rings. The minimum atomic E-state index is 0.222. The maximum atomic E-state index is 8.82. The second kappa shape index (κ2) is 1.96. The fourth-order valence-corrected chi connectivity index (χ4v) is 1.03. The molecule has 1 aromatic heterocycles. The van der Waals surface area contributed by atoms with Crippen LogP contribution >= 0.6 is 11.3 Å². The number of rotatable bonds is 1. The van der Waals surface area contributed by atoms with E-state index in [-0.39, 0.29) is 5.06 Å². The quantitative estimate of drug-likeness (QED) is 0.551. The van der Waals surface area contributed by atoms with E-state index in [1.807, 2.05) is 0 Å². The van der Waals surface area contributed by atoms with Gasteiger partial charge >= 0.3 is 0 Å². The summed E-state index contributed by atoms with van der Waals surface area (Å²) in [5.41, 5.74) is 0.593. The van der Waals surface area contributed by atoms with Gasteiger partial charge in [0.25, 0.3) is 0 Å². The average molecular weight is 127 g/mol. The van der Waals surface area contributed by atoms with Crippen molar-refractivity contribution in [3.05, 3.63) is 17.0 Å². The molecule has 42 valence electrons. The van der Waals surface area contributed by atoms with Crippen LogP contribution in [0.4, 0.5) is 0 Å². The van der Waals surface area contributed by atoms with Gasteiger partial charge in [0.1, 0.15) is 0 Å². The molecule has 0 atom stereocenters. The van der Waals surface area contributed by atoms with Crippen LogP contribution in [0.1, 0.15) is 5.56 Å². The Hall–Kier alpha value is -0.830. The normalized spacial score (nSPS) is 9.00. The predicted molar refractivity (Wildman–Crippen MR) is 33.9 cm³/mol. The van der Waals surface area contributed by atoms with E-state index < -0.39 is 0 Å². The average Bonchev–Trinajstić information content (AvgIpc) is 2.14. The van der Waals surface area contributed by atoms with Crippen LogP contribution in [0.25, 0.3) is 0 Å². The number of hydrogen-bond acceptors (Lipinski definition) is 3. The van der Waals surface area contributed by atoms with Crippen molar-refractivity contribution < 1.29 is 5.11 Å². The molecule has 0 bridgehead atoms. The zero-order valence-electron chi connectivity index (χ0n) is 4.09. The van der Waals surface area contributed by atoms with Gasteiger partial charge in [-0.3, -0.25) is 0 Å². The van der Waals surface area contributed by atoms with Crippen LogP contribution in [-0.2, 0) is 0 Å². The van der Waals surface area contributed by atoms with E-state index in [0.717, 1.165) is 6.21 Å². The summed E-state index contributed by atoms with van der Waals surface area (Å²) in [7, 11) is 0. The van der Waals surface area contributed by atoms with Gasteiger partial charge in [-0.15, -0.1) is 11.3 Å². The van der Waals surface area contributed by atoms with Crippen molar-refractivity contribution in [2.75, 3.05) is 0 Å². The molecule has 0 spiro atoms. The summed E-state index contributed by atoms with van der Waals surface area (Å²) in [6.45, 7) is 0. The molecule has 8 heavy (non-hydrogen) atoms. The van der Waals surface area contributed by atoms with Crippen LogP contribution in [0.2, 0.25) is 0 Å². The summed E-state index contributed by atoms with van der Waals surface area (Å²) < 4.78 is 0. The van der Waals surface area contributed by atoms with Crippen LogP contribution in [0.15, 0.2) is 11.4 Å². The summed E-state index contributed by atoms with van der Waals surface area (Å²) in [4.78, 5) is 0. The molecule has 3 heteroatoms. The molecule has 0 saturated heterocycles. The van der Waals surface area contributed by atoms with Crippen molar-refractivity contribution in [3.8, 4) is 5.06 Å². The second-order valence-electron chi connectivity index (χ2n) is 1.33. The molecule has 0 saturated carbocycles. The molecule has 0 aliphatic rings. The van der Waals surface area contributed by atoms with E-state index in [4.69, 9.17) is 10.5 Å². The third kappa shape index (κ3) is 0.721. The Morgan fingerprint density at radius 1 is 1.75 bits per heavy atom. The van der Waals surface area contributed by atoms with Gasteiger partial charge in [0.2, 0.25) is 0 Å². The van der Waals surface area contributed by atoms with Gasteiger partial charge in [0.15, 0.2) is 5.06 Å². The summed E-state index contributed by atoms with van der Waals surface area (Å²) >= 11 is 1.23. The highest BCUT2D eigenvalue weighted by atomic mass is 32.1. The molecule has 2 N–H and O–H groups in total. The predicted octanol–water partition coefficient (Wildman–Crippen LogP) is 1.45. The summed E-state index contributed by atoms with van der Waals surface area (Å²) in [6.07, 6.45) is 1.13. The molecule has 2 nitrogen and oxygen atoms in total. The van der Waals surface area contributed by atoms with E-state index in [0.29, 0.717) is 5.56 Å². The smallest absolute Gasteiger partial charge is 0.180 e. The third-order valence-corrected chi connectivity index (χ3v) is 1.56. The molecule has 0 aliphatic carbocycles.